The number of hydrogen-bond acceptors (Lipinski definition) is 3. The van der Waals surface area contributed by atoms with Gasteiger partial charge in [0.25, 0.3) is 0 Å². The van der Waals surface area contributed by atoms with Crippen molar-refractivity contribution in [3.05, 3.63) is 210 Å². The van der Waals surface area contributed by atoms with Gasteiger partial charge in [-0.05, 0) is 136 Å². The molecule has 0 unspecified atom stereocenters. The van der Waals surface area contributed by atoms with Gasteiger partial charge in [0.2, 0.25) is 0 Å². The van der Waals surface area contributed by atoms with Crippen LogP contribution in [-0.4, -0.2) is 7.11 Å². The van der Waals surface area contributed by atoms with E-state index in [-0.39, 0.29) is 5.41 Å². The Morgan fingerprint density at radius 2 is 0.950 bits per heavy atom. The maximum atomic E-state index is 6.37. The summed E-state index contributed by atoms with van der Waals surface area (Å²) in [6.45, 7) is 11.3. The average Bonchev–Trinajstić information content (AvgIpc) is 3.50. The molecule has 292 valence electrons. The third kappa shape index (κ3) is 6.04. The minimum Gasteiger partial charge on any atom is -0.496 e. The van der Waals surface area contributed by atoms with Crippen LogP contribution in [0, 0.1) is 20.8 Å². The van der Waals surface area contributed by atoms with Crippen molar-refractivity contribution in [1.29, 1.82) is 0 Å². The van der Waals surface area contributed by atoms with Crippen LogP contribution in [0.25, 0.3) is 43.8 Å². The number of anilines is 6. The van der Waals surface area contributed by atoms with E-state index in [4.69, 9.17) is 4.74 Å². The fourth-order valence-electron chi connectivity index (χ4n) is 9.66. The van der Waals surface area contributed by atoms with E-state index >= 15 is 0 Å². The summed E-state index contributed by atoms with van der Waals surface area (Å²) >= 11 is 0. The van der Waals surface area contributed by atoms with Gasteiger partial charge in [-0.3, -0.25) is 0 Å². The minimum absolute atomic E-state index is 0.129. The Hall–Kier alpha value is -7.10. The third-order valence-electron chi connectivity index (χ3n) is 12.7. The number of para-hydroxylation sites is 2. The Kier molecular flexibility index (Phi) is 9.06. The number of nitrogens with zero attached hydrogens (tertiary/aromatic N) is 2. The van der Waals surface area contributed by atoms with Gasteiger partial charge in [-0.15, -0.1) is 0 Å². The van der Waals surface area contributed by atoms with Crippen LogP contribution >= 0.6 is 0 Å². The van der Waals surface area contributed by atoms with E-state index in [1.807, 2.05) is 0 Å². The summed E-state index contributed by atoms with van der Waals surface area (Å²) in [7, 11) is 1.79. The second kappa shape index (κ2) is 14.6. The first kappa shape index (κ1) is 37.2. The minimum atomic E-state index is -0.129. The summed E-state index contributed by atoms with van der Waals surface area (Å²) in [5.41, 5.74) is 17.8. The van der Waals surface area contributed by atoms with Gasteiger partial charge in [-0.1, -0.05) is 135 Å². The van der Waals surface area contributed by atoms with E-state index < -0.39 is 0 Å². The molecule has 0 amide bonds. The molecule has 0 radical (unpaired) electrons. The standard InChI is InChI=1S/C57H48N2O/c1-37-17-7-15-25-53(37)59(54-26-16-8-18-38(54)2)55-32-31-46(45-21-11-12-23-49(45)55)50-30-28-42(36-56(50)60-6)58(43-33-39(3)44-20-10-9-19-40(44)34-43)41-27-29-48-47-22-13-14-24-51(47)57(4,5)52(48)35-41/h7-36H,1-6H3. The van der Waals surface area contributed by atoms with Crippen LogP contribution in [0.1, 0.15) is 41.7 Å². The Morgan fingerprint density at radius 3 is 1.67 bits per heavy atom. The second-order valence-corrected chi connectivity index (χ2v) is 16.7. The molecule has 9 aromatic rings. The zero-order valence-corrected chi connectivity index (χ0v) is 35.1. The van der Waals surface area contributed by atoms with Gasteiger partial charge in [0, 0.05) is 50.9 Å². The van der Waals surface area contributed by atoms with Crippen LogP contribution in [0.15, 0.2) is 182 Å². The Bertz CT molecular complexity index is 3080. The van der Waals surface area contributed by atoms with Crippen molar-refractivity contribution in [2.75, 3.05) is 16.9 Å². The Morgan fingerprint density at radius 1 is 0.383 bits per heavy atom. The van der Waals surface area contributed by atoms with Crippen molar-refractivity contribution < 1.29 is 4.74 Å². The lowest BCUT2D eigenvalue weighted by Crippen LogP contribution is -2.16. The largest absolute Gasteiger partial charge is 0.496 e. The molecule has 0 spiro atoms. The third-order valence-corrected chi connectivity index (χ3v) is 12.7. The zero-order chi connectivity index (χ0) is 41.1. The van der Waals surface area contributed by atoms with Gasteiger partial charge in [-0.25, -0.2) is 0 Å². The van der Waals surface area contributed by atoms with E-state index in [1.54, 1.807) is 7.11 Å². The summed E-state index contributed by atoms with van der Waals surface area (Å²) in [4.78, 5) is 4.81. The molecule has 0 N–H and O–H groups in total. The van der Waals surface area contributed by atoms with Crippen LogP contribution in [0.4, 0.5) is 34.1 Å². The van der Waals surface area contributed by atoms with Crippen LogP contribution in [0.3, 0.4) is 0 Å². The Labute approximate surface area is 353 Å². The molecule has 0 aliphatic heterocycles. The Balaban J connectivity index is 1.14. The van der Waals surface area contributed by atoms with Crippen LogP contribution in [-0.2, 0) is 5.41 Å². The highest BCUT2D eigenvalue weighted by Gasteiger charge is 2.36. The first-order valence-corrected chi connectivity index (χ1v) is 20.9. The molecule has 1 aliphatic carbocycles. The van der Waals surface area contributed by atoms with Gasteiger partial charge in [-0.2, -0.15) is 0 Å². The maximum Gasteiger partial charge on any atom is 0.128 e. The summed E-state index contributed by atoms with van der Waals surface area (Å²) in [5.74, 6) is 0.816. The quantitative estimate of drug-likeness (QED) is 0.153. The number of methoxy groups -OCH3 is 1. The second-order valence-electron chi connectivity index (χ2n) is 16.7. The number of benzene rings is 9. The van der Waals surface area contributed by atoms with E-state index in [1.165, 1.54) is 55.1 Å². The summed E-state index contributed by atoms with van der Waals surface area (Å²) < 4.78 is 6.37. The number of hydrogen-bond donors (Lipinski definition) is 0. The molecular formula is C57H48N2O. The van der Waals surface area contributed by atoms with Gasteiger partial charge >= 0.3 is 0 Å². The zero-order valence-electron chi connectivity index (χ0n) is 35.1. The molecule has 10 rings (SSSR count). The first-order valence-electron chi connectivity index (χ1n) is 20.9. The molecule has 60 heavy (non-hydrogen) atoms. The fourth-order valence-corrected chi connectivity index (χ4v) is 9.66. The first-order chi connectivity index (χ1) is 29.2. The predicted molar refractivity (Wildman–Crippen MR) is 255 cm³/mol. The highest BCUT2D eigenvalue weighted by Crippen LogP contribution is 2.52. The molecular weight excluding hydrogens is 729 g/mol. The smallest absolute Gasteiger partial charge is 0.128 e. The monoisotopic (exact) mass is 776 g/mol. The van der Waals surface area contributed by atoms with Gasteiger partial charge in [0.05, 0.1) is 12.8 Å². The highest BCUT2D eigenvalue weighted by molar-refractivity contribution is 6.07. The van der Waals surface area contributed by atoms with Crippen molar-refractivity contribution >= 4 is 55.7 Å². The summed E-state index contributed by atoms with van der Waals surface area (Å²) in [6, 6.07) is 66.5. The van der Waals surface area contributed by atoms with Gasteiger partial charge < -0.3 is 14.5 Å². The fraction of sp³-hybridized carbons (Fsp3) is 0.123. The maximum absolute atomic E-state index is 6.37. The molecule has 0 atom stereocenters. The normalized spacial score (nSPS) is 12.6. The molecule has 0 bridgehead atoms. The van der Waals surface area contributed by atoms with Crippen molar-refractivity contribution in [3.8, 4) is 28.0 Å². The molecule has 0 saturated heterocycles. The van der Waals surface area contributed by atoms with Crippen molar-refractivity contribution in [2.45, 2.75) is 40.0 Å². The molecule has 0 fully saturated rings. The number of fused-ring (bicyclic) bond motifs is 5. The predicted octanol–water partition coefficient (Wildman–Crippen LogP) is 15.8. The van der Waals surface area contributed by atoms with E-state index in [0.717, 1.165) is 56.4 Å². The van der Waals surface area contributed by atoms with Gasteiger partial charge in [0.1, 0.15) is 5.75 Å². The van der Waals surface area contributed by atoms with Crippen LogP contribution < -0.4 is 14.5 Å². The van der Waals surface area contributed by atoms with Crippen LogP contribution in [0.2, 0.25) is 0 Å². The molecule has 0 heterocycles. The topological polar surface area (TPSA) is 15.7 Å². The van der Waals surface area contributed by atoms with Crippen LogP contribution in [0.5, 0.6) is 5.75 Å². The summed E-state index contributed by atoms with van der Waals surface area (Å²) in [6.07, 6.45) is 0. The summed E-state index contributed by atoms with van der Waals surface area (Å²) in [5, 5.41) is 4.81. The van der Waals surface area contributed by atoms with E-state index in [9.17, 15) is 0 Å². The highest BCUT2D eigenvalue weighted by atomic mass is 16.5. The molecule has 3 heteroatoms. The van der Waals surface area contributed by atoms with Gasteiger partial charge in [0.15, 0.2) is 0 Å². The lowest BCUT2D eigenvalue weighted by Gasteiger charge is -2.30. The van der Waals surface area contributed by atoms with Crippen molar-refractivity contribution in [1.82, 2.24) is 0 Å². The lowest BCUT2D eigenvalue weighted by molar-refractivity contribution is 0.416. The molecule has 3 nitrogen and oxygen atoms in total. The van der Waals surface area contributed by atoms with E-state index in [2.05, 4.69) is 226 Å². The van der Waals surface area contributed by atoms with Crippen molar-refractivity contribution in [2.24, 2.45) is 0 Å². The molecule has 1 aliphatic rings. The van der Waals surface area contributed by atoms with Crippen molar-refractivity contribution in [3.63, 3.8) is 0 Å². The SMILES string of the molecule is COc1cc(N(c2ccc3c(c2)C(C)(C)c2ccccc2-3)c2cc(C)c3ccccc3c2)ccc1-c1ccc(N(c2ccccc2C)c2ccccc2C)c2ccccc12. The van der Waals surface area contributed by atoms with E-state index in [0.29, 0.717) is 0 Å². The molecule has 9 aromatic carbocycles. The molecule has 0 aromatic heterocycles. The molecule has 0 saturated carbocycles. The number of ether oxygens (including phenoxy) is 1. The lowest BCUT2D eigenvalue weighted by atomic mass is 9.82. The number of rotatable bonds is 8. The number of aryl methyl sites for hydroxylation is 3. The average molecular weight is 777 g/mol.